The molecule has 5 rings (SSSR count). The number of rotatable bonds is 3. The van der Waals surface area contributed by atoms with Crippen molar-refractivity contribution in [3.63, 3.8) is 0 Å². The standard InChI is InChI=1S/C28H35FO2/c1-27-14-12-21(30)17-19(27)7-8-22-23-9-10-25(28(23,2)15-13-24(22)27)26(31)11-6-18-4-3-5-20(29)16-18/h3-7,11,16,21-25,30H,8-10,12-15,17H2,1-2H3/b11-6+/t21-,22-,23-,24-,25+,27-,28-/m0/s1. The van der Waals surface area contributed by atoms with Crippen LogP contribution in [0, 0.1) is 40.3 Å². The quantitative estimate of drug-likeness (QED) is 0.455. The summed E-state index contributed by atoms with van der Waals surface area (Å²) in [4.78, 5) is 13.2. The number of benzene rings is 1. The third-order valence-corrected chi connectivity index (χ3v) is 9.71. The monoisotopic (exact) mass is 422 g/mol. The highest BCUT2D eigenvalue weighted by Gasteiger charge is 2.59. The van der Waals surface area contributed by atoms with Crippen molar-refractivity contribution < 1.29 is 14.3 Å². The Labute approximate surface area is 185 Å². The van der Waals surface area contributed by atoms with E-state index in [1.54, 1.807) is 18.2 Å². The normalized spacial score (nSPS) is 41.9. The molecule has 0 aliphatic heterocycles. The number of hydrogen-bond acceptors (Lipinski definition) is 2. The number of halogens is 1. The zero-order valence-electron chi connectivity index (χ0n) is 18.8. The van der Waals surface area contributed by atoms with Crippen LogP contribution in [0.15, 0.2) is 42.0 Å². The molecule has 0 radical (unpaired) electrons. The van der Waals surface area contributed by atoms with Gasteiger partial charge in [0, 0.05) is 5.92 Å². The van der Waals surface area contributed by atoms with Gasteiger partial charge in [0.25, 0.3) is 0 Å². The van der Waals surface area contributed by atoms with E-state index in [2.05, 4.69) is 19.9 Å². The highest BCUT2D eigenvalue weighted by molar-refractivity contribution is 5.96. The van der Waals surface area contributed by atoms with Crippen molar-refractivity contribution in [2.75, 3.05) is 0 Å². The van der Waals surface area contributed by atoms with E-state index in [-0.39, 0.29) is 34.5 Å². The molecule has 31 heavy (non-hydrogen) atoms. The van der Waals surface area contributed by atoms with E-state index in [1.807, 2.05) is 6.07 Å². The van der Waals surface area contributed by atoms with Crippen LogP contribution in [0.4, 0.5) is 4.39 Å². The molecule has 0 saturated heterocycles. The molecule has 1 N–H and O–H groups in total. The van der Waals surface area contributed by atoms with Crippen molar-refractivity contribution >= 4 is 11.9 Å². The zero-order chi connectivity index (χ0) is 21.8. The Morgan fingerprint density at radius 1 is 1.13 bits per heavy atom. The maximum Gasteiger partial charge on any atom is 0.159 e. The molecular weight excluding hydrogens is 387 g/mol. The average Bonchev–Trinajstić information content (AvgIpc) is 3.10. The average molecular weight is 423 g/mol. The second kappa shape index (κ2) is 7.69. The second-order valence-electron chi connectivity index (χ2n) is 11.1. The Morgan fingerprint density at radius 2 is 1.97 bits per heavy atom. The summed E-state index contributed by atoms with van der Waals surface area (Å²) in [5, 5.41) is 10.2. The van der Waals surface area contributed by atoms with Crippen molar-refractivity contribution in [3.05, 3.63) is 53.4 Å². The fourth-order valence-corrected chi connectivity index (χ4v) is 8.01. The van der Waals surface area contributed by atoms with Crippen molar-refractivity contribution in [1.29, 1.82) is 0 Å². The number of carbonyl (C=O) groups is 1. The molecule has 2 nitrogen and oxygen atoms in total. The van der Waals surface area contributed by atoms with Crippen molar-refractivity contribution in [3.8, 4) is 0 Å². The van der Waals surface area contributed by atoms with Gasteiger partial charge in [0.05, 0.1) is 6.10 Å². The van der Waals surface area contributed by atoms with Gasteiger partial charge in [0.1, 0.15) is 5.82 Å². The van der Waals surface area contributed by atoms with E-state index >= 15 is 0 Å². The fraction of sp³-hybridized carbons (Fsp3) is 0.607. The van der Waals surface area contributed by atoms with Crippen LogP contribution in [0.1, 0.15) is 70.8 Å². The molecular formula is C28H35FO2. The first-order valence-electron chi connectivity index (χ1n) is 12.2. The smallest absolute Gasteiger partial charge is 0.159 e. The van der Waals surface area contributed by atoms with E-state index in [4.69, 9.17) is 0 Å². The maximum atomic E-state index is 13.5. The lowest BCUT2D eigenvalue weighted by molar-refractivity contribution is -0.124. The summed E-state index contributed by atoms with van der Waals surface area (Å²) >= 11 is 0. The third kappa shape index (κ3) is 3.44. The molecule has 0 spiro atoms. The largest absolute Gasteiger partial charge is 0.393 e. The Balaban J connectivity index is 1.36. The van der Waals surface area contributed by atoms with Gasteiger partial charge in [-0.3, -0.25) is 4.79 Å². The summed E-state index contributed by atoms with van der Waals surface area (Å²) in [6, 6.07) is 6.42. The van der Waals surface area contributed by atoms with Crippen LogP contribution in [-0.4, -0.2) is 17.0 Å². The Kier molecular flexibility index (Phi) is 5.24. The summed E-state index contributed by atoms with van der Waals surface area (Å²) in [6.45, 7) is 4.81. The third-order valence-electron chi connectivity index (χ3n) is 9.71. The van der Waals surface area contributed by atoms with E-state index in [0.717, 1.165) is 50.5 Å². The summed E-state index contributed by atoms with van der Waals surface area (Å²) in [7, 11) is 0. The number of aliphatic hydroxyl groups excluding tert-OH is 1. The topological polar surface area (TPSA) is 37.3 Å². The second-order valence-corrected chi connectivity index (χ2v) is 11.1. The van der Waals surface area contributed by atoms with Gasteiger partial charge in [-0.25, -0.2) is 4.39 Å². The van der Waals surface area contributed by atoms with E-state index in [1.165, 1.54) is 24.1 Å². The minimum atomic E-state index is -0.269. The predicted octanol–water partition coefficient (Wildman–Crippen LogP) is 6.35. The zero-order valence-corrected chi connectivity index (χ0v) is 18.8. The molecule has 1 aromatic rings. The predicted molar refractivity (Wildman–Crippen MR) is 122 cm³/mol. The molecule has 3 fully saturated rings. The SMILES string of the molecule is C[C@]12CC[C@H]3[C@@H](CC=C4C[C@@H](O)CC[C@@]43C)[C@@H]1CC[C@@H]2C(=O)/C=C/c1cccc(F)c1. The molecule has 4 aliphatic rings. The molecule has 4 aliphatic carbocycles. The number of hydrogen-bond donors (Lipinski definition) is 1. The van der Waals surface area contributed by atoms with Crippen LogP contribution in [0.25, 0.3) is 6.08 Å². The van der Waals surface area contributed by atoms with Crippen LogP contribution in [0.5, 0.6) is 0 Å². The molecule has 1 aromatic carbocycles. The first kappa shape index (κ1) is 21.1. The molecule has 0 amide bonds. The van der Waals surface area contributed by atoms with Gasteiger partial charge in [0.2, 0.25) is 0 Å². The van der Waals surface area contributed by atoms with Gasteiger partial charge >= 0.3 is 0 Å². The number of fused-ring (bicyclic) bond motifs is 5. The van der Waals surface area contributed by atoms with Crippen molar-refractivity contribution in [1.82, 2.24) is 0 Å². The molecule has 3 saturated carbocycles. The van der Waals surface area contributed by atoms with Crippen LogP contribution in [0.3, 0.4) is 0 Å². The van der Waals surface area contributed by atoms with Gasteiger partial charge < -0.3 is 5.11 Å². The van der Waals surface area contributed by atoms with E-state index < -0.39 is 0 Å². The van der Waals surface area contributed by atoms with Gasteiger partial charge in [0.15, 0.2) is 5.78 Å². The minimum Gasteiger partial charge on any atom is -0.393 e. The highest BCUT2D eigenvalue weighted by Crippen LogP contribution is 2.66. The molecule has 166 valence electrons. The first-order chi connectivity index (χ1) is 14.8. The fourth-order valence-electron chi connectivity index (χ4n) is 8.01. The first-order valence-corrected chi connectivity index (χ1v) is 12.2. The summed E-state index contributed by atoms with van der Waals surface area (Å²) in [5.74, 6) is 1.97. The number of ketones is 1. The van der Waals surface area contributed by atoms with Crippen LogP contribution in [-0.2, 0) is 4.79 Å². The Morgan fingerprint density at radius 3 is 2.77 bits per heavy atom. The summed E-state index contributed by atoms with van der Waals surface area (Å²) < 4.78 is 13.5. The minimum absolute atomic E-state index is 0.0699. The summed E-state index contributed by atoms with van der Waals surface area (Å²) in [5.41, 5.74) is 2.55. The Bertz CT molecular complexity index is 933. The Hall–Kier alpha value is -1.74. The lowest BCUT2D eigenvalue weighted by Crippen LogP contribution is -2.50. The molecule has 7 atom stereocenters. The van der Waals surface area contributed by atoms with E-state index in [9.17, 15) is 14.3 Å². The van der Waals surface area contributed by atoms with Gasteiger partial charge in [-0.05, 0) is 104 Å². The van der Waals surface area contributed by atoms with Crippen molar-refractivity contribution in [2.45, 2.75) is 71.3 Å². The van der Waals surface area contributed by atoms with Gasteiger partial charge in [-0.2, -0.15) is 0 Å². The lowest BCUT2D eigenvalue weighted by atomic mass is 9.47. The molecule has 0 aromatic heterocycles. The maximum absolute atomic E-state index is 13.5. The molecule has 0 bridgehead atoms. The number of allylic oxidation sites excluding steroid dienone is 2. The van der Waals surface area contributed by atoms with Gasteiger partial charge in [-0.15, -0.1) is 0 Å². The van der Waals surface area contributed by atoms with Crippen LogP contribution < -0.4 is 0 Å². The number of aliphatic hydroxyl groups is 1. The molecule has 0 unspecified atom stereocenters. The lowest BCUT2D eigenvalue weighted by Gasteiger charge is -2.57. The molecule has 0 heterocycles. The highest BCUT2D eigenvalue weighted by atomic mass is 19.1. The van der Waals surface area contributed by atoms with Crippen molar-refractivity contribution in [2.24, 2.45) is 34.5 Å². The van der Waals surface area contributed by atoms with Gasteiger partial charge in [-0.1, -0.05) is 43.7 Å². The summed E-state index contributed by atoms with van der Waals surface area (Å²) in [6.07, 6.45) is 14.2. The van der Waals surface area contributed by atoms with E-state index in [0.29, 0.717) is 17.8 Å². The number of carbonyl (C=O) groups excluding carboxylic acids is 1. The van der Waals surface area contributed by atoms with Crippen LogP contribution in [0.2, 0.25) is 0 Å². The van der Waals surface area contributed by atoms with Crippen LogP contribution >= 0.6 is 0 Å². The molecule has 3 heteroatoms.